The molecule has 6 heteroatoms. The fourth-order valence-electron chi connectivity index (χ4n) is 2.29. The molecular formula is C13H18N6. The lowest BCUT2D eigenvalue weighted by atomic mass is 9.94. The lowest BCUT2D eigenvalue weighted by molar-refractivity contribution is 0.725. The van der Waals surface area contributed by atoms with E-state index < -0.39 is 0 Å². The number of aromatic nitrogens is 1. The maximum absolute atomic E-state index is 8.33. The van der Waals surface area contributed by atoms with E-state index in [1.807, 2.05) is 24.9 Å². The Hall–Kier alpha value is -2.11. The minimum Gasteiger partial charge on any atom is -0.382 e. The number of anilines is 2. The molecule has 0 aromatic carbocycles. The zero-order valence-corrected chi connectivity index (χ0v) is 11.1. The molecule has 1 saturated carbocycles. The lowest BCUT2D eigenvalue weighted by Crippen LogP contribution is -2.46. The molecule has 19 heavy (non-hydrogen) atoms. The SMILES string of the molecule is CC1/C(=N/NC2CC2)C(=N)c2ccnc(N)c2N1C. The third kappa shape index (κ3) is 1.93. The number of nitrogens with one attached hydrogen (secondary N) is 2. The molecule has 1 unspecified atom stereocenters. The summed E-state index contributed by atoms with van der Waals surface area (Å²) in [7, 11) is 1.96. The maximum Gasteiger partial charge on any atom is 0.147 e. The van der Waals surface area contributed by atoms with Gasteiger partial charge in [-0.2, -0.15) is 5.10 Å². The Labute approximate surface area is 112 Å². The van der Waals surface area contributed by atoms with Crippen molar-refractivity contribution in [1.82, 2.24) is 10.4 Å². The van der Waals surface area contributed by atoms with Crippen molar-refractivity contribution < 1.29 is 0 Å². The van der Waals surface area contributed by atoms with Crippen molar-refractivity contribution in [2.75, 3.05) is 17.7 Å². The van der Waals surface area contributed by atoms with Gasteiger partial charge < -0.3 is 16.1 Å². The highest BCUT2D eigenvalue weighted by Gasteiger charge is 2.32. The number of hydrazone groups is 1. The van der Waals surface area contributed by atoms with Gasteiger partial charge >= 0.3 is 0 Å². The van der Waals surface area contributed by atoms with Gasteiger partial charge in [0.15, 0.2) is 0 Å². The minimum atomic E-state index is 0.0118. The summed E-state index contributed by atoms with van der Waals surface area (Å²) in [6.07, 6.45) is 3.97. The molecule has 1 fully saturated rings. The zero-order valence-electron chi connectivity index (χ0n) is 11.1. The van der Waals surface area contributed by atoms with Crippen LogP contribution >= 0.6 is 0 Å². The molecule has 4 N–H and O–H groups in total. The second-order valence-electron chi connectivity index (χ2n) is 5.15. The zero-order chi connectivity index (χ0) is 13.6. The molecule has 0 amide bonds. The van der Waals surface area contributed by atoms with Crippen molar-refractivity contribution in [2.45, 2.75) is 31.8 Å². The number of fused-ring (bicyclic) bond motifs is 1. The Kier molecular flexibility index (Phi) is 2.66. The molecule has 1 atom stereocenters. The Bertz CT molecular complexity index is 560. The fourth-order valence-corrected chi connectivity index (χ4v) is 2.29. The molecule has 1 aromatic rings. The Morgan fingerprint density at radius 1 is 1.53 bits per heavy atom. The van der Waals surface area contributed by atoms with Crippen molar-refractivity contribution in [3.8, 4) is 0 Å². The van der Waals surface area contributed by atoms with Gasteiger partial charge in [0.2, 0.25) is 0 Å². The maximum atomic E-state index is 8.33. The highest BCUT2D eigenvalue weighted by molar-refractivity contribution is 6.51. The molecule has 0 bridgehead atoms. The normalized spacial score (nSPS) is 24.5. The number of hydrogen-bond donors (Lipinski definition) is 3. The predicted octanol–water partition coefficient (Wildman–Crippen LogP) is 0.978. The first kappa shape index (κ1) is 12.0. The van der Waals surface area contributed by atoms with Crippen LogP contribution in [0.25, 0.3) is 0 Å². The van der Waals surface area contributed by atoms with E-state index in [2.05, 4.69) is 15.5 Å². The molecule has 1 aliphatic carbocycles. The Morgan fingerprint density at radius 3 is 2.95 bits per heavy atom. The van der Waals surface area contributed by atoms with E-state index in [9.17, 15) is 0 Å². The summed E-state index contributed by atoms with van der Waals surface area (Å²) in [4.78, 5) is 6.14. The second kappa shape index (κ2) is 4.22. The first-order valence-electron chi connectivity index (χ1n) is 6.49. The van der Waals surface area contributed by atoms with E-state index in [-0.39, 0.29) is 6.04 Å². The van der Waals surface area contributed by atoms with Crippen LogP contribution in [-0.4, -0.2) is 35.5 Å². The van der Waals surface area contributed by atoms with Gasteiger partial charge in [-0.3, -0.25) is 5.41 Å². The summed E-state index contributed by atoms with van der Waals surface area (Å²) >= 11 is 0. The van der Waals surface area contributed by atoms with Gasteiger partial charge in [0.1, 0.15) is 11.5 Å². The molecule has 0 radical (unpaired) electrons. The number of pyridine rings is 1. The van der Waals surface area contributed by atoms with Crippen molar-refractivity contribution in [1.29, 1.82) is 5.41 Å². The van der Waals surface area contributed by atoms with E-state index >= 15 is 0 Å². The second-order valence-corrected chi connectivity index (χ2v) is 5.15. The molecule has 1 aliphatic heterocycles. The summed E-state index contributed by atoms with van der Waals surface area (Å²) in [5.74, 6) is 0.464. The summed E-state index contributed by atoms with van der Waals surface area (Å²) in [6.45, 7) is 2.03. The van der Waals surface area contributed by atoms with Crippen molar-refractivity contribution in [3.63, 3.8) is 0 Å². The van der Waals surface area contributed by atoms with Crippen molar-refractivity contribution in [2.24, 2.45) is 5.10 Å². The smallest absolute Gasteiger partial charge is 0.147 e. The van der Waals surface area contributed by atoms with Crippen LogP contribution in [-0.2, 0) is 0 Å². The van der Waals surface area contributed by atoms with E-state index in [1.54, 1.807) is 6.20 Å². The monoisotopic (exact) mass is 258 g/mol. The summed E-state index contributed by atoms with van der Waals surface area (Å²) in [5, 5.41) is 12.8. The summed E-state index contributed by atoms with van der Waals surface area (Å²) in [6, 6.07) is 2.32. The fraction of sp³-hybridized carbons (Fsp3) is 0.462. The molecular weight excluding hydrogens is 240 g/mol. The van der Waals surface area contributed by atoms with Crippen LogP contribution < -0.4 is 16.1 Å². The van der Waals surface area contributed by atoms with Crippen LogP contribution in [0.4, 0.5) is 11.5 Å². The number of nitrogens with zero attached hydrogens (tertiary/aromatic N) is 3. The van der Waals surface area contributed by atoms with Crippen molar-refractivity contribution >= 4 is 22.9 Å². The van der Waals surface area contributed by atoms with Crippen LogP contribution in [0.1, 0.15) is 25.3 Å². The van der Waals surface area contributed by atoms with Gasteiger partial charge in [0, 0.05) is 24.8 Å². The Balaban J connectivity index is 2.02. The first-order valence-corrected chi connectivity index (χ1v) is 6.49. The molecule has 0 spiro atoms. The number of nitrogens with two attached hydrogens (primary N) is 1. The first-order chi connectivity index (χ1) is 9.09. The predicted molar refractivity (Wildman–Crippen MR) is 76.9 cm³/mol. The highest BCUT2D eigenvalue weighted by Crippen LogP contribution is 2.32. The van der Waals surface area contributed by atoms with E-state index in [0.29, 0.717) is 17.6 Å². The molecule has 100 valence electrons. The standard InChI is InChI=1S/C13H18N6/c1-7-11(18-17-8-3-4-8)10(14)9-5-6-16-13(15)12(9)19(7)2/h5-8,14,17H,3-4H2,1-2H3,(H2,15,16)/b14-10?,18-11-. The van der Waals surface area contributed by atoms with Crippen LogP contribution in [0, 0.1) is 5.41 Å². The third-order valence-electron chi connectivity index (χ3n) is 3.75. The molecule has 0 saturated heterocycles. The van der Waals surface area contributed by atoms with Gasteiger partial charge in [-0.1, -0.05) is 0 Å². The molecule has 2 aliphatic rings. The van der Waals surface area contributed by atoms with Crippen LogP contribution in [0.5, 0.6) is 0 Å². The summed E-state index contributed by atoms with van der Waals surface area (Å²) < 4.78 is 0. The largest absolute Gasteiger partial charge is 0.382 e. The number of nitrogen functional groups attached to an aromatic ring is 1. The van der Waals surface area contributed by atoms with Crippen molar-refractivity contribution in [3.05, 3.63) is 17.8 Å². The average molecular weight is 258 g/mol. The number of rotatable bonds is 2. The van der Waals surface area contributed by atoms with E-state index in [1.165, 1.54) is 12.8 Å². The van der Waals surface area contributed by atoms with E-state index in [0.717, 1.165) is 17.0 Å². The molecule has 3 rings (SSSR count). The highest BCUT2D eigenvalue weighted by atomic mass is 15.3. The van der Waals surface area contributed by atoms with E-state index in [4.69, 9.17) is 11.1 Å². The minimum absolute atomic E-state index is 0.0118. The topological polar surface area (TPSA) is 90.4 Å². The molecule has 2 heterocycles. The van der Waals surface area contributed by atoms with Crippen LogP contribution in [0.2, 0.25) is 0 Å². The Morgan fingerprint density at radius 2 is 2.26 bits per heavy atom. The quantitative estimate of drug-likeness (QED) is 0.690. The van der Waals surface area contributed by atoms with Crippen LogP contribution in [0.3, 0.4) is 0 Å². The van der Waals surface area contributed by atoms with Crippen LogP contribution in [0.15, 0.2) is 17.4 Å². The summed E-state index contributed by atoms with van der Waals surface area (Å²) in [5.41, 5.74) is 11.9. The molecule has 1 aromatic heterocycles. The third-order valence-corrected chi connectivity index (χ3v) is 3.75. The van der Waals surface area contributed by atoms with Gasteiger partial charge in [0.25, 0.3) is 0 Å². The van der Waals surface area contributed by atoms with Gasteiger partial charge in [-0.05, 0) is 25.8 Å². The van der Waals surface area contributed by atoms with Gasteiger partial charge in [-0.15, -0.1) is 0 Å². The number of hydrogen-bond acceptors (Lipinski definition) is 6. The van der Waals surface area contributed by atoms with Gasteiger partial charge in [-0.25, -0.2) is 4.98 Å². The van der Waals surface area contributed by atoms with Gasteiger partial charge in [0.05, 0.1) is 17.4 Å². The average Bonchev–Trinajstić information content (AvgIpc) is 3.20. The lowest BCUT2D eigenvalue weighted by Gasteiger charge is -2.35. The molecule has 6 nitrogen and oxygen atoms in total.